The first kappa shape index (κ1) is 24.9. The summed E-state index contributed by atoms with van der Waals surface area (Å²) in [5.41, 5.74) is 2.08. The number of rotatable bonds is 6. The first-order valence-electron chi connectivity index (χ1n) is 10.9. The molecule has 1 aliphatic rings. The smallest absolute Gasteiger partial charge is 0.312 e. The van der Waals surface area contributed by atoms with E-state index >= 15 is 0 Å². The third kappa shape index (κ3) is 4.68. The summed E-state index contributed by atoms with van der Waals surface area (Å²) in [6.45, 7) is 3.38. The average molecular weight is 517 g/mol. The Labute approximate surface area is 204 Å². The molecule has 10 heteroatoms. The lowest BCUT2D eigenvalue weighted by Crippen LogP contribution is -2.39. The van der Waals surface area contributed by atoms with Crippen LogP contribution in [0, 0.1) is 5.82 Å². The fourth-order valence-electron chi connectivity index (χ4n) is 4.24. The number of hydrogen-bond donors (Lipinski definition) is 0. The van der Waals surface area contributed by atoms with E-state index in [1.54, 1.807) is 44.2 Å². The molecule has 35 heavy (non-hydrogen) atoms. The van der Waals surface area contributed by atoms with Gasteiger partial charge in [0.2, 0.25) is 0 Å². The fourth-order valence-corrected chi connectivity index (χ4v) is 6.34. The van der Waals surface area contributed by atoms with Crippen molar-refractivity contribution in [3.05, 3.63) is 84.2 Å². The summed E-state index contributed by atoms with van der Waals surface area (Å²) in [5.74, 6) is -0.924. The second-order valence-corrected chi connectivity index (χ2v) is 12.5. The second-order valence-electron chi connectivity index (χ2n) is 8.69. The van der Waals surface area contributed by atoms with Gasteiger partial charge < -0.3 is 4.90 Å². The van der Waals surface area contributed by atoms with Crippen molar-refractivity contribution in [2.75, 3.05) is 12.8 Å². The molecular formula is C25H25FN2O5S2. The summed E-state index contributed by atoms with van der Waals surface area (Å²) in [6.07, 6.45) is 1.14. The van der Waals surface area contributed by atoms with E-state index in [-0.39, 0.29) is 17.5 Å². The maximum absolute atomic E-state index is 14.3. The Morgan fingerprint density at radius 1 is 0.886 bits per heavy atom. The Hall–Kier alpha value is -3.24. The predicted octanol–water partition coefficient (Wildman–Crippen LogP) is 4.47. The minimum absolute atomic E-state index is 0.180. The molecule has 0 bridgehead atoms. The van der Waals surface area contributed by atoms with Gasteiger partial charge in [0.25, 0.3) is 10.0 Å². The molecule has 2 amide bonds. The fraction of sp³-hybridized carbons (Fsp3) is 0.240. The van der Waals surface area contributed by atoms with Crippen molar-refractivity contribution in [1.82, 2.24) is 9.21 Å². The van der Waals surface area contributed by atoms with Crippen molar-refractivity contribution in [2.45, 2.75) is 35.7 Å². The van der Waals surface area contributed by atoms with E-state index in [1.807, 2.05) is 12.1 Å². The topological polar surface area (TPSA) is 91.8 Å². The number of carbonyl (C=O) groups excluding carboxylic acids is 1. The van der Waals surface area contributed by atoms with E-state index in [4.69, 9.17) is 0 Å². The van der Waals surface area contributed by atoms with Crippen LogP contribution in [0.3, 0.4) is 0 Å². The summed E-state index contributed by atoms with van der Waals surface area (Å²) >= 11 is 0. The van der Waals surface area contributed by atoms with Gasteiger partial charge in [-0.25, -0.2) is 30.3 Å². The van der Waals surface area contributed by atoms with Gasteiger partial charge in [-0.2, -0.15) is 0 Å². The Balaban J connectivity index is 1.75. The van der Waals surface area contributed by atoms with Crippen LogP contribution < -0.4 is 0 Å². The van der Waals surface area contributed by atoms with Crippen LogP contribution >= 0.6 is 0 Å². The molecule has 7 nitrogen and oxygen atoms in total. The minimum Gasteiger partial charge on any atom is -0.312 e. The largest absolute Gasteiger partial charge is 0.334 e. The number of sulfonamides is 1. The lowest BCUT2D eigenvalue weighted by atomic mass is 9.99. The van der Waals surface area contributed by atoms with Gasteiger partial charge in [0, 0.05) is 12.3 Å². The van der Waals surface area contributed by atoms with Crippen molar-refractivity contribution in [1.29, 1.82) is 0 Å². The van der Waals surface area contributed by atoms with Crippen LogP contribution in [0.15, 0.2) is 82.6 Å². The van der Waals surface area contributed by atoms with E-state index in [0.29, 0.717) is 15.4 Å². The van der Waals surface area contributed by atoms with Crippen LogP contribution in [-0.2, 0) is 19.9 Å². The SMILES string of the molecule is CC(C)N1C(=O)N(S(=O)(=O)c2ccccc2F)CC1c1cccc(-c2cccc(S(C)(=O)=O)c2)c1. The third-order valence-electron chi connectivity index (χ3n) is 5.94. The molecule has 0 saturated carbocycles. The standard InChI is InChI=1S/C25H25FN2O5S2/c1-17(2)28-23(16-27(25(28)29)35(32,33)24-13-5-4-12-22(24)26)20-10-6-8-18(14-20)19-9-7-11-21(15-19)34(3,30)31/h4-15,17,23H,16H2,1-3H3. The molecule has 1 fully saturated rings. The van der Waals surface area contributed by atoms with E-state index in [0.717, 1.165) is 24.0 Å². The molecule has 184 valence electrons. The number of urea groups is 1. The molecular weight excluding hydrogens is 491 g/mol. The Bertz CT molecular complexity index is 1500. The van der Waals surface area contributed by atoms with Crippen molar-refractivity contribution >= 4 is 25.9 Å². The van der Waals surface area contributed by atoms with Gasteiger partial charge in [-0.15, -0.1) is 0 Å². The summed E-state index contributed by atoms with van der Waals surface area (Å²) in [6, 6.07) is 17.0. The molecule has 3 aromatic carbocycles. The molecule has 1 unspecified atom stereocenters. The Kier molecular flexibility index (Phi) is 6.46. The van der Waals surface area contributed by atoms with Crippen molar-refractivity contribution < 1.29 is 26.0 Å². The summed E-state index contributed by atoms with van der Waals surface area (Å²) in [7, 11) is -7.81. The van der Waals surface area contributed by atoms with Gasteiger partial charge in [-0.3, -0.25) is 0 Å². The lowest BCUT2D eigenvalue weighted by Gasteiger charge is -2.27. The van der Waals surface area contributed by atoms with Crippen molar-refractivity contribution in [3.63, 3.8) is 0 Å². The van der Waals surface area contributed by atoms with E-state index in [1.165, 1.54) is 23.1 Å². The molecule has 0 aliphatic carbocycles. The number of carbonyl (C=O) groups is 1. The van der Waals surface area contributed by atoms with Crippen LogP contribution in [0.25, 0.3) is 11.1 Å². The maximum atomic E-state index is 14.3. The molecule has 4 rings (SSSR count). The van der Waals surface area contributed by atoms with Gasteiger partial charge >= 0.3 is 6.03 Å². The molecule has 0 spiro atoms. The average Bonchev–Trinajstić information content (AvgIpc) is 3.17. The van der Waals surface area contributed by atoms with Gasteiger partial charge in [-0.05, 0) is 60.9 Å². The highest BCUT2D eigenvalue weighted by Crippen LogP contribution is 2.36. The summed E-state index contributed by atoms with van der Waals surface area (Å²) in [5, 5.41) is 0. The number of sulfone groups is 1. The molecule has 1 saturated heterocycles. The van der Waals surface area contributed by atoms with Crippen molar-refractivity contribution in [2.24, 2.45) is 0 Å². The van der Waals surface area contributed by atoms with E-state index < -0.39 is 42.6 Å². The molecule has 1 aliphatic heterocycles. The van der Waals surface area contributed by atoms with Crippen LogP contribution in [0.4, 0.5) is 9.18 Å². The van der Waals surface area contributed by atoms with Gasteiger partial charge in [-0.1, -0.05) is 42.5 Å². The quantitative estimate of drug-likeness (QED) is 0.482. The Morgan fingerprint density at radius 3 is 2.14 bits per heavy atom. The van der Waals surface area contributed by atoms with Gasteiger partial charge in [0.05, 0.1) is 17.5 Å². The zero-order valence-corrected chi connectivity index (χ0v) is 21.1. The number of benzene rings is 3. The summed E-state index contributed by atoms with van der Waals surface area (Å²) in [4.78, 5) is 14.3. The van der Waals surface area contributed by atoms with E-state index in [9.17, 15) is 26.0 Å². The highest BCUT2D eigenvalue weighted by Gasteiger charge is 2.46. The molecule has 0 radical (unpaired) electrons. The number of halogens is 1. The first-order valence-corrected chi connectivity index (χ1v) is 14.2. The predicted molar refractivity (Wildman–Crippen MR) is 130 cm³/mol. The summed E-state index contributed by atoms with van der Waals surface area (Å²) < 4.78 is 65.4. The zero-order valence-electron chi connectivity index (χ0n) is 19.4. The Morgan fingerprint density at radius 2 is 1.51 bits per heavy atom. The second kappa shape index (κ2) is 9.09. The van der Waals surface area contributed by atoms with Crippen LogP contribution in [0.5, 0.6) is 0 Å². The van der Waals surface area contributed by atoms with Crippen LogP contribution in [0.1, 0.15) is 25.5 Å². The third-order valence-corrected chi connectivity index (χ3v) is 8.82. The first-order chi connectivity index (χ1) is 16.4. The molecule has 1 atom stereocenters. The van der Waals surface area contributed by atoms with E-state index in [2.05, 4.69) is 0 Å². The van der Waals surface area contributed by atoms with Crippen LogP contribution in [0.2, 0.25) is 0 Å². The normalized spacial score (nSPS) is 16.8. The van der Waals surface area contributed by atoms with Gasteiger partial charge in [0.15, 0.2) is 9.84 Å². The lowest BCUT2D eigenvalue weighted by molar-refractivity contribution is 0.181. The number of hydrogen-bond acceptors (Lipinski definition) is 5. The van der Waals surface area contributed by atoms with Gasteiger partial charge in [0.1, 0.15) is 10.7 Å². The zero-order chi connectivity index (χ0) is 25.5. The van der Waals surface area contributed by atoms with Crippen LogP contribution in [-0.4, -0.2) is 50.9 Å². The van der Waals surface area contributed by atoms with Crippen molar-refractivity contribution in [3.8, 4) is 11.1 Å². The molecule has 1 heterocycles. The minimum atomic E-state index is -4.41. The molecule has 0 aromatic heterocycles. The number of nitrogens with zero attached hydrogens (tertiary/aromatic N) is 2. The number of amides is 2. The molecule has 0 N–H and O–H groups in total. The monoisotopic (exact) mass is 516 g/mol. The maximum Gasteiger partial charge on any atom is 0.334 e. The highest BCUT2D eigenvalue weighted by molar-refractivity contribution is 7.90. The highest BCUT2D eigenvalue weighted by atomic mass is 32.2. The molecule has 3 aromatic rings.